The molecule has 2 fully saturated rings. The molecule has 5 nitrogen and oxygen atoms in total. The van der Waals surface area contributed by atoms with Crippen molar-refractivity contribution in [3.05, 3.63) is 23.8 Å². The van der Waals surface area contributed by atoms with Crippen LogP contribution in [0.15, 0.2) is 18.2 Å². The van der Waals surface area contributed by atoms with Gasteiger partial charge >= 0.3 is 0 Å². The summed E-state index contributed by atoms with van der Waals surface area (Å²) in [5.41, 5.74) is 1.17. The Morgan fingerprint density at radius 1 is 1.07 bits per heavy atom. The van der Waals surface area contributed by atoms with Gasteiger partial charge < -0.3 is 14.4 Å². The summed E-state index contributed by atoms with van der Waals surface area (Å²) in [5.74, 6) is 1.91. The van der Waals surface area contributed by atoms with Gasteiger partial charge in [0.15, 0.2) is 11.5 Å². The molecule has 1 aromatic carbocycles. The van der Waals surface area contributed by atoms with E-state index in [1.54, 1.807) is 0 Å². The van der Waals surface area contributed by atoms with Crippen LogP contribution in [0, 0.1) is 0 Å². The zero-order valence-corrected chi connectivity index (χ0v) is 16.5. The molecular weight excluding hydrogens is 340 g/mol. The lowest BCUT2D eigenvalue weighted by Crippen LogP contribution is -2.45. The molecular formula is C22H32N2O3. The van der Waals surface area contributed by atoms with E-state index in [0.717, 1.165) is 37.4 Å². The number of carbonyl (C=O) groups excluding carboxylic acids is 1. The highest BCUT2D eigenvalue weighted by molar-refractivity contribution is 5.79. The number of likely N-dealkylation sites (N-methyl/N-ethyl adjacent to an activating group) is 1. The quantitative estimate of drug-likeness (QED) is 0.789. The van der Waals surface area contributed by atoms with Crippen LogP contribution in [-0.4, -0.2) is 54.6 Å². The molecule has 2 aliphatic heterocycles. The smallest absolute Gasteiger partial charge is 0.237 e. The topological polar surface area (TPSA) is 42.0 Å². The van der Waals surface area contributed by atoms with Crippen LogP contribution in [0.4, 0.5) is 0 Å². The summed E-state index contributed by atoms with van der Waals surface area (Å²) in [6, 6.07) is 6.92. The van der Waals surface area contributed by atoms with Crippen molar-refractivity contribution in [1.29, 1.82) is 0 Å². The van der Waals surface area contributed by atoms with Crippen LogP contribution in [0.2, 0.25) is 0 Å². The number of likely N-dealkylation sites (tertiary alicyclic amines) is 1. The molecule has 148 valence electrons. The largest absolute Gasteiger partial charge is 0.486 e. The monoisotopic (exact) mass is 372 g/mol. The first-order chi connectivity index (χ1) is 13.3. The number of hydrogen-bond donors (Lipinski definition) is 0. The highest BCUT2D eigenvalue weighted by Gasteiger charge is 2.32. The van der Waals surface area contributed by atoms with Gasteiger partial charge in [-0.1, -0.05) is 32.3 Å². The minimum Gasteiger partial charge on any atom is -0.486 e. The number of hydrogen-bond acceptors (Lipinski definition) is 4. The second kappa shape index (κ2) is 8.51. The van der Waals surface area contributed by atoms with Crippen LogP contribution in [0.25, 0.3) is 0 Å². The summed E-state index contributed by atoms with van der Waals surface area (Å²) in [5, 5.41) is 0. The van der Waals surface area contributed by atoms with Crippen molar-refractivity contribution in [3.63, 3.8) is 0 Å². The Morgan fingerprint density at radius 3 is 2.63 bits per heavy atom. The number of rotatable bonds is 5. The highest BCUT2D eigenvalue weighted by atomic mass is 16.6. The molecule has 4 rings (SSSR count). The maximum Gasteiger partial charge on any atom is 0.237 e. The number of ether oxygens (including phenoxy) is 2. The lowest BCUT2D eigenvalue weighted by molar-refractivity contribution is -0.134. The molecule has 1 saturated carbocycles. The normalized spacial score (nSPS) is 23.0. The van der Waals surface area contributed by atoms with Gasteiger partial charge in [-0.3, -0.25) is 9.69 Å². The zero-order valence-electron chi connectivity index (χ0n) is 16.5. The molecule has 1 unspecified atom stereocenters. The number of fused-ring (bicyclic) bond motifs is 1. The number of amides is 1. The van der Waals surface area contributed by atoms with E-state index in [-0.39, 0.29) is 11.9 Å². The zero-order chi connectivity index (χ0) is 18.6. The van der Waals surface area contributed by atoms with Crippen LogP contribution in [0.1, 0.15) is 63.5 Å². The predicted octanol–water partition coefficient (Wildman–Crippen LogP) is 3.78. The van der Waals surface area contributed by atoms with Gasteiger partial charge in [0.05, 0.1) is 12.6 Å². The van der Waals surface area contributed by atoms with Crippen LogP contribution >= 0.6 is 0 Å². The Bertz CT molecular complexity index is 657. The van der Waals surface area contributed by atoms with Gasteiger partial charge in [0.1, 0.15) is 13.2 Å². The standard InChI is InChI=1S/C22H32N2O3/c1-2-23(18-7-4-3-5-8-18)16-22(25)24-12-6-9-19(24)17-10-11-20-21(15-17)27-14-13-26-20/h10-11,15,18-19H,2-9,12-14,16H2,1H3. The molecule has 1 aliphatic carbocycles. The molecule has 0 aromatic heterocycles. The van der Waals surface area contributed by atoms with E-state index >= 15 is 0 Å². The Kier molecular flexibility index (Phi) is 5.86. The van der Waals surface area contributed by atoms with Crippen molar-refractivity contribution < 1.29 is 14.3 Å². The van der Waals surface area contributed by atoms with Crippen molar-refractivity contribution in [2.24, 2.45) is 0 Å². The highest BCUT2D eigenvalue weighted by Crippen LogP contribution is 2.38. The van der Waals surface area contributed by atoms with Crippen LogP contribution in [0.5, 0.6) is 11.5 Å². The Balaban J connectivity index is 1.45. The maximum absolute atomic E-state index is 13.2. The summed E-state index contributed by atoms with van der Waals surface area (Å²) >= 11 is 0. The van der Waals surface area contributed by atoms with Gasteiger partial charge in [-0.15, -0.1) is 0 Å². The van der Waals surface area contributed by atoms with E-state index in [4.69, 9.17) is 9.47 Å². The van der Waals surface area contributed by atoms with Crippen LogP contribution < -0.4 is 9.47 Å². The Hall–Kier alpha value is -1.75. The molecule has 0 radical (unpaired) electrons. The molecule has 0 spiro atoms. The van der Waals surface area contributed by atoms with Crippen molar-refractivity contribution in [2.45, 2.75) is 64.0 Å². The second-order valence-corrected chi connectivity index (χ2v) is 8.00. The summed E-state index contributed by atoms with van der Waals surface area (Å²) < 4.78 is 11.4. The maximum atomic E-state index is 13.2. The Labute approximate surface area is 162 Å². The lowest BCUT2D eigenvalue weighted by atomic mass is 9.94. The van der Waals surface area contributed by atoms with E-state index in [1.165, 1.54) is 37.7 Å². The second-order valence-electron chi connectivity index (χ2n) is 8.00. The minimum atomic E-state index is 0.165. The van der Waals surface area contributed by atoms with Gasteiger partial charge in [0.2, 0.25) is 5.91 Å². The molecule has 27 heavy (non-hydrogen) atoms. The number of benzene rings is 1. The molecule has 2 heterocycles. The lowest BCUT2D eigenvalue weighted by Gasteiger charge is -2.35. The van der Waals surface area contributed by atoms with E-state index in [0.29, 0.717) is 25.8 Å². The molecule has 5 heteroatoms. The van der Waals surface area contributed by atoms with Gasteiger partial charge in [-0.2, -0.15) is 0 Å². The van der Waals surface area contributed by atoms with Gasteiger partial charge in [-0.25, -0.2) is 0 Å². The first-order valence-corrected chi connectivity index (χ1v) is 10.7. The summed E-state index contributed by atoms with van der Waals surface area (Å²) in [7, 11) is 0. The van der Waals surface area contributed by atoms with Gasteiger partial charge in [-0.05, 0) is 49.9 Å². The van der Waals surface area contributed by atoms with E-state index in [2.05, 4.69) is 28.9 Å². The van der Waals surface area contributed by atoms with Crippen molar-refractivity contribution in [2.75, 3.05) is 32.8 Å². The molecule has 1 amide bonds. The van der Waals surface area contributed by atoms with Crippen molar-refractivity contribution in [3.8, 4) is 11.5 Å². The minimum absolute atomic E-state index is 0.165. The van der Waals surface area contributed by atoms with Crippen molar-refractivity contribution in [1.82, 2.24) is 9.80 Å². The third-order valence-electron chi connectivity index (χ3n) is 6.36. The van der Waals surface area contributed by atoms with E-state index in [1.807, 2.05) is 6.07 Å². The van der Waals surface area contributed by atoms with Crippen LogP contribution in [-0.2, 0) is 4.79 Å². The third kappa shape index (κ3) is 4.08. The van der Waals surface area contributed by atoms with Gasteiger partial charge in [0.25, 0.3) is 0 Å². The first kappa shape index (κ1) is 18.6. The third-order valence-corrected chi connectivity index (χ3v) is 6.36. The van der Waals surface area contributed by atoms with Gasteiger partial charge in [0, 0.05) is 12.6 Å². The van der Waals surface area contributed by atoms with Crippen molar-refractivity contribution >= 4 is 5.91 Å². The first-order valence-electron chi connectivity index (χ1n) is 10.7. The SMILES string of the molecule is CCN(CC(=O)N1CCCC1c1ccc2c(c1)OCCO2)C1CCCCC1. The fraction of sp³-hybridized carbons (Fsp3) is 0.682. The molecule has 3 aliphatic rings. The molecule has 1 atom stereocenters. The molecule has 1 saturated heterocycles. The average Bonchev–Trinajstić information content (AvgIpc) is 3.22. The van der Waals surface area contributed by atoms with Crippen LogP contribution in [0.3, 0.4) is 0 Å². The predicted molar refractivity (Wildman–Crippen MR) is 105 cm³/mol. The number of carbonyl (C=O) groups is 1. The fourth-order valence-corrected chi connectivity index (χ4v) is 4.89. The summed E-state index contributed by atoms with van der Waals surface area (Å²) in [6.45, 7) is 5.76. The number of nitrogens with zero attached hydrogens (tertiary/aromatic N) is 2. The summed E-state index contributed by atoms with van der Waals surface area (Å²) in [4.78, 5) is 17.7. The molecule has 0 N–H and O–H groups in total. The summed E-state index contributed by atoms with van der Waals surface area (Å²) in [6.07, 6.45) is 8.54. The van der Waals surface area contributed by atoms with E-state index < -0.39 is 0 Å². The molecule has 1 aromatic rings. The average molecular weight is 373 g/mol. The fourth-order valence-electron chi connectivity index (χ4n) is 4.89. The molecule has 0 bridgehead atoms. The Morgan fingerprint density at radius 2 is 1.85 bits per heavy atom. The van der Waals surface area contributed by atoms with E-state index in [9.17, 15) is 4.79 Å².